The first-order chi connectivity index (χ1) is 13.7. The van der Waals surface area contributed by atoms with Gasteiger partial charge in [0.05, 0.1) is 13.7 Å². The smallest absolute Gasteiger partial charge is 0.194 e. The second-order valence-corrected chi connectivity index (χ2v) is 6.76. The van der Waals surface area contributed by atoms with Gasteiger partial charge in [0.25, 0.3) is 0 Å². The normalized spacial score (nSPS) is 15.4. The van der Waals surface area contributed by atoms with Crippen LogP contribution in [0.1, 0.15) is 25.3 Å². The maximum Gasteiger partial charge on any atom is 0.194 e. The minimum Gasteiger partial charge on any atom is -0.504 e. The highest BCUT2D eigenvalue weighted by atomic mass is 16.5. The number of hydrogen-bond acceptors (Lipinski definition) is 4. The number of nitrogens with zero attached hydrogens (tertiary/aromatic N) is 2. The zero-order valence-electron chi connectivity index (χ0n) is 16.6. The average Bonchev–Trinajstić information content (AvgIpc) is 2.73. The van der Waals surface area contributed by atoms with Crippen molar-refractivity contribution in [3.8, 4) is 17.2 Å². The molecule has 0 saturated carbocycles. The highest BCUT2D eigenvalue weighted by Crippen LogP contribution is 2.29. The number of phenolic OH excluding ortho intramolecular Hbond substituents is 1. The number of rotatable bonds is 6. The quantitative estimate of drug-likeness (QED) is 0.591. The molecule has 28 heavy (non-hydrogen) atoms. The van der Waals surface area contributed by atoms with Crippen LogP contribution in [0.4, 0.5) is 0 Å². The molecule has 0 aromatic heterocycles. The van der Waals surface area contributed by atoms with Gasteiger partial charge in [-0.2, -0.15) is 0 Å². The summed E-state index contributed by atoms with van der Waals surface area (Å²) in [6.07, 6.45) is 2.12. The van der Waals surface area contributed by atoms with E-state index in [9.17, 15) is 5.11 Å². The van der Waals surface area contributed by atoms with Gasteiger partial charge in [0.1, 0.15) is 11.9 Å². The van der Waals surface area contributed by atoms with Crippen molar-refractivity contribution in [1.82, 2.24) is 10.2 Å². The van der Waals surface area contributed by atoms with Crippen LogP contribution in [-0.2, 0) is 6.54 Å². The number of likely N-dealkylation sites (tertiary alicyclic amines) is 1. The number of piperidine rings is 1. The zero-order valence-corrected chi connectivity index (χ0v) is 16.6. The molecule has 2 aromatic rings. The molecule has 0 radical (unpaired) electrons. The Hall–Kier alpha value is -2.89. The van der Waals surface area contributed by atoms with E-state index in [1.54, 1.807) is 13.2 Å². The van der Waals surface area contributed by atoms with E-state index in [-0.39, 0.29) is 11.9 Å². The van der Waals surface area contributed by atoms with E-state index in [2.05, 4.69) is 17.1 Å². The number of benzene rings is 2. The molecule has 6 heteroatoms. The molecule has 0 aliphatic carbocycles. The molecule has 1 heterocycles. The third-order valence-corrected chi connectivity index (χ3v) is 4.82. The molecule has 0 spiro atoms. The number of aromatic hydroxyl groups is 1. The Morgan fingerprint density at radius 1 is 1.14 bits per heavy atom. The molecule has 6 nitrogen and oxygen atoms in total. The largest absolute Gasteiger partial charge is 0.504 e. The number of phenols is 1. The Labute approximate surface area is 166 Å². The van der Waals surface area contributed by atoms with Crippen LogP contribution in [0.2, 0.25) is 0 Å². The summed E-state index contributed by atoms with van der Waals surface area (Å²) in [5, 5.41) is 13.6. The van der Waals surface area contributed by atoms with E-state index in [0.29, 0.717) is 12.3 Å². The molecule has 0 bridgehead atoms. The molecular weight excluding hydrogens is 354 g/mol. The van der Waals surface area contributed by atoms with Crippen LogP contribution in [-0.4, -0.2) is 48.8 Å². The molecule has 0 atom stereocenters. The van der Waals surface area contributed by atoms with E-state index < -0.39 is 0 Å². The first-order valence-corrected chi connectivity index (χ1v) is 9.81. The second-order valence-electron chi connectivity index (χ2n) is 6.76. The number of aliphatic imine (C=N–C) groups is 1. The van der Waals surface area contributed by atoms with Gasteiger partial charge in [-0.1, -0.05) is 30.3 Å². The second kappa shape index (κ2) is 9.88. The van der Waals surface area contributed by atoms with Crippen molar-refractivity contribution < 1.29 is 14.6 Å². The van der Waals surface area contributed by atoms with Gasteiger partial charge in [-0.3, -0.25) is 0 Å². The van der Waals surface area contributed by atoms with Gasteiger partial charge in [-0.15, -0.1) is 0 Å². The summed E-state index contributed by atoms with van der Waals surface area (Å²) in [6, 6.07) is 15.5. The summed E-state index contributed by atoms with van der Waals surface area (Å²) in [6.45, 7) is 5.01. The molecule has 1 aliphatic heterocycles. The fraction of sp³-hybridized carbons (Fsp3) is 0.409. The van der Waals surface area contributed by atoms with Gasteiger partial charge >= 0.3 is 0 Å². The fourth-order valence-corrected chi connectivity index (χ4v) is 3.32. The van der Waals surface area contributed by atoms with Gasteiger partial charge in [0.2, 0.25) is 0 Å². The van der Waals surface area contributed by atoms with E-state index in [1.807, 2.05) is 42.5 Å². The van der Waals surface area contributed by atoms with Crippen molar-refractivity contribution >= 4 is 5.96 Å². The molecule has 1 fully saturated rings. The van der Waals surface area contributed by atoms with Crippen LogP contribution < -0.4 is 14.8 Å². The molecule has 1 aliphatic rings. The maximum atomic E-state index is 10.3. The predicted molar refractivity (Wildman–Crippen MR) is 111 cm³/mol. The highest BCUT2D eigenvalue weighted by molar-refractivity contribution is 5.80. The number of ether oxygens (including phenoxy) is 2. The van der Waals surface area contributed by atoms with Gasteiger partial charge in [0, 0.05) is 38.0 Å². The number of guanidine groups is 1. The molecule has 2 aromatic carbocycles. The van der Waals surface area contributed by atoms with E-state index >= 15 is 0 Å². The monoisotopic (exact) mass is 383 g/mol. The number of methoxy groups -OCH3 is 1. The number of hydrogen-bond donors (Lipinski definition) is 2. The van der Waals surface area contributed by atoms with E-state index in [1.165, 1.54) is 0 Å². The zero-order chi connectivity index (χ0) is 19.8. The molecule has 3 rings (SSSR count). The SMILES string of the molecule is CCNC(=NCc1cccc(OC)c1O)N1CCC(Oc2ccccc2)CC1. The standard InChI is InChI=1S/C22H29N3O3/c1-3-23-22(24-16-17-8-7-11-20(27-2)21(17)26)25-14-12-19(13-15-25)28-18-9-5-4-6-10-18/h4-11,19,26H,3,12-16H2,1-2H3,(H,23,24). The van der Waals surface area contributed by atoms with Crippen molar-refractivity contribution in [2.45, 2.75) is 32.4 Å². The maximum absolute atomic E-state index is 10.3. The lowest BCUT2D eigenvalue weighted by atomic mass is 10.1. The summed E-state index contributed by atoms with van der Waals surface area (Å²) in [7, 11) is 1.55. The van der Waals surface area contributed by atoms with Crippen LogP contribution in [0.3, 0.4) is 0 Å². The van der Waals surface area contributed by atoms with Gasteiger partial charge in [0.15, 0.2) is 17.5 Å². The van der Waals surface area contributed by atoms with Crippen LogP contribution in [0, 0.1) is 0 Å². The minimum absolute atomic E-state index is 0.152. The molecule has 0 unspecified atom stereocenters. The summed E-state index contributed by atoms with van der Waals surface area (Å²) in [4.78, 5) is 6.98. The van der Waals surface area contributed by atoms with E-state index in [0.717, 1.165) is 49.7 Å². The first-order valence-electron chi connectivity index (χ1n) is 9.81. The Balaban J connectivity index is 1.61. The molecule has 150 valence electrons. The van der Waals surface area contributed by atoms with Crippen molar-refractivity contribution in [3.63, 3.8) is 0 Å². The minimum atomic E-state index is 0.152. The Kier molecular flexibility index (Phi) is 7.00. The van der Waals surface area contributed by atoms with Crippen LogP contribution in [0.15, 0.2) is 53.5 Å². The topological polar surface area (TPSA) is 66.3 Å². The number of para-hydroxylation sites is 2. The Morgan fingerprint density at radius 3 is 2.57 bits per heavy atom. The van der Waals surface area contributed by atoms with E-state index in [4.69, 9.17) is 14.5 Å². The lowest BCUT2D eigenvalue weighted by Crippen LogP contribution is -2.47. The highest BCUT2D eigenvalue weighted by Gasteiger charge is 2.22. The van der Waals surface area contributed by atoms with Crippen LogP contribution in [0.5, 0.6) is 17.2 Å². The molecular formula is C22H29N3O3. The third-order valence-electron chi connectivity index (χ3n) is 4.82. The van der Waals surface area contributed by atoms with Crippen molar-refractivity contribution in [2.24, 2.45) is 4.99 Å². The summed E-state index contributed by atoms with van der Waals surface area (Å²) in [5.74, 6) is 2.41. The molecule has 0 amide bonds. The lowest BCUT2D eigenvalue weighted by molar-refractivity contribution is 0.129. The van der Waals surface area contributed by atoms with Crippen LogP contribution in [0.25, 0.3) is 0 Å². The summed E-state index contributed by atoms with van der Waals surface area (Å²) in [5.41, 5.74) is 0.747. The third kappa shape index (κ3) is 5.09. The summed E-state index contributed by atoms with van der Waals surface area (Å²) >= 11 is 0. The van der Waals surface area contributed by atoms with Crippen molar-refractivity contribution in [2.75, 3.05) is 26.7 Å². The van der Waals surface area contributed by atoms with Gasteiger partial charge in [-0.05, 0) is 25.1 Å². The van der Waals surface area contributed by atoms with Crippen molar-refractivity contribution in [1.29, 1.82) is 0 Å². The van der Waals surface area contributed by atoms with Crippen LogP contribution >= 0.6 is 0 Å². The van der Waals surface area contributed by atoms with Gasteiger partial charge in [-0.25, -0.2) is 4.99 Å². The average molecular weight is 383 g/mol. The fourth-order valence-electron chi connectivity index (χ4n) is 3.32. The Morgan fingerprint density at radius 2 is 1.89 bits per heavy atom. The van der Waals surface area contributed by atoms with Gasteiger partial charge < -0.3 is 24.8 Å². The predicted octanol–water partition coefficient (Wildman–Crippen LogP) is 3.41. The molecule has 1 saturated heterocycles. The molecule has 2 N–H and O–H groups in total. The number of nitrogens with one attached hydrogen (secondary N) is 1. The first kappa shape index (κ1) is 19.9. The summed E-state index contributed by atoms with van der Waals surface area (Å²) < 4.78 is 11.3. The Bertz CT molecular complexity index is 772. The lowest BCUT2D eigenvalue weighted by Gasteiger charge is -2.34. The van der Waals surface area contributed by atoms with Crippen molar-refractivity contribution in [3.05, 3.63) is 54.1 Å².